The molecular formula is C25H38N6. The maximum atomic E-state index is 4.58. The highest BCUT2D eigenvalue weighted by Crippen LogP contribution is 2.23. The van der Waals surface area contributed by atoms with Crippen molar-refractivity contribution in [3.8, 4) is 0 Å². The van der Waals surface area contributed by atoms with Gasteiger partial charge >= 0.3 is 0 Å². The second-order valence-electron chi connectivity index (χ2n) is 9.03. The molecular weight excluding hydrogens is 384 g/mol. The molecule has 0 radical (unpaired) electrons. The Morgan fingerprint density at radius 1 is 1.03 bits per heavy atom. The molecule has 0 atom stereocenters. The largest absolute Gasteiger partial charge is 0.356 e. The van der Waals surface area contributed by atoms with Crippen LogP contribution in [0.15, 0.2) is 47.6 Å². The minimum Gasteiger partial charge on any atom is -0.356 e. The highest BCUT2D eigenvalue weighted by molar-refractivity contribution is 5.79. The third-order valence-electron chi connectivity index (χ3n) is 6.16. The van der Waals surface area contributed by atoms with Gasteiger partial charge in [0, 0.05) is 57.9 Å². The van der Waals surface area contributed by atoms with Crippen LogP contribution >= 0.6 is 0 Å². The molecule has 31 heavy (non-hydrogen) atoms. The molecule has 3 rings (SSSR count). The molecule has 1 aliphatic heterocycles. The van der Waals surface area contributed by atoms with E-state index in [1.165, 1.54) is 16.7 Å². The molecule has 1 fully saturated rings. The van der Waals surface area contributed by atoms with Crippen LogP contribution in [-0.4, -0.2) is 62.7 Å². The Morgan fingerprint density at radius 2 is 1.74 bits per heavy atom. The highest BCUT2D eigenvalue weighted by atomic mass is 15.3. The summed E-state index contributed by atoms with van der Waals surface area (Å²) in [7, 11) is 3.99. The van der Waals surface area contributed by atoms with E-state index >= 15 is 0 Å². The number of aryl methyl sites for hydroxylation is 1. The summed E-state index contributed by atoms with van der Waals surface area (Å²) in [6, 6.07) is 13.2. The van der Waals surface area contributed by atoms with Gasteiger partial charge in [-0.25, -0.2) is 4.98 Å². The Morgan fingerprint density at radius 3 is 2.39 bits per heavy atom. The van der Waals surface area contributed by atoms with Crippen molar-refractivity contribution in [2.45, 2.75) is 39.2 Å². The summed E-state index contributed by atoms with van der Waals surface area (Å²) >= 11 is 0. The smallest absolute Gasteiger partial charge is 0.191 e. The molecule has 0 spiro atoms. The van der Waals surface area contributed by atoms with Gasteiger partial charge in [0.25, 0.3) is 0 Å². The minimum atomic E-state index is 0.00908. The summed E-state index contributed by atoms with van der Waals surface area (Å²) in [5, 5.41) is 6.95. The molecule has 0 amide bonds. The van der Waals surface area contributed by atoms with E-state index in [2.05, 4.69) is 94.6 Å². The van der Waals surface area contributed by atoms with E-state index in [0.717, 1.165) is 50.9 Å². The summed E-state index contributed by atoms with van der Waals surface area (Å²) < 4.78 is 0. The first-order valence-corrected chi connectivity index (χ1v) is 11.3. The van der Waals surface area contributed by atoms with Crippen molar-refractivity contribution in [1.82, 2.24) is 20.5 Å². The van der Waals surface area contributed by atoms with Crippen LogP contribution in [0.5, 0.6) is 0 Å². The number of nitrogens with zero attached hydrogens (tertiary/aromatic N) is 4. The lowest BCUT2D eigenvalue weighted by Gasteiger charge is -2.33. The molecule has 168 valence electrons. The number of guanidine groups is 1. The number of pyridine rings is 1. The number of anilines is 1. The van der Waals surface area contributed by atoms with Crippen LogP contribution in [0.1, 0.15) is 37.5 Å². The summed E-state index contributed by atoms with van der Waals surface area (Å²) in [6.07, 6.45) is 2.98. The SMILES string of the molecule is CCc1ccc(C(C)(C)CNC(=NC)NCc2ccnc(N3CCN(C)CC3)c2)cc1. The van der Waals surface area contributed by atoms with E-state index in [1.807, 2.05) is 13.2 Å². The van der Waals surface area contributed by atoms with E-state index in [1.54, 1.807) is 0 Å². The fourth-order valence-electron chi connectivity index (χ4n) is 3.78. The Labute approximate surface area is 187 Å². The first kappa shape index (κ1) is 23.1. The number of likely N-dealkylation sites (N-methyl/N-ethyl adjacent to an activating group) is 1. The van der Waals surface area contributed by atoms with Crippen molar-refractivity contribution in [3.05, 3.63) is 59.3 Å². The molecule has 0 unspecified atom stereocenters. The molecule has 1 aliphatic rings. The average molecular weight is 423 g/mol. The second kappa shape index (κ2) is 10.6. The molecule has 1 saturated heterocycles. The quantitative estimate of drug-likeness (QED) is 0.531. The van der Waals surface area contributed by atoms with E-state index in [9.17, 15) is 0 Å². The summed E-state index contributed by atoms with van der Waals surface area (Å²) in [5.74, 6) is 1.88. The van der Waals surface area contributed by atoms with Gasteiger partial charge < -0.3 is 20.4 Å². The van der Waals surface area contributed by atoms with Crippen molar-refractivity contribution in [1.29, 1.82) is 0 Å². The monoisotopic (exact) mass is 422 g/mol. The number of hydrogen-bond donors (Lipinski definition) is 2. The standard InChI is InChI=1S/C25H38N6/c1-6-20-7-9-22(10-8-20)25(2,3)19-29-24(26-4)28-18-21-11-12-27-23(17-21)31-15-13-30(5)14-16-31/h7-12,17H,6,13-16,18-19H2,1-5H3,(H2,26,28,29). The van der Waals surface area contributed by atoms with Crippen molar-refractivity contribution in [3.63, 3.8) is 0 Å². The predicted octanol–water partition coefficient (Wildman–Crippen LogP) is 3.04. The van der Waals surface area contributed by atoms with Gasteiger partial charge in [-0.05, 0) is 42.3 Å². The molecule has 2 N–H and O–H groups in total. The van der Waals surface area contributed by atoms with Crippen LogP contribution < -0.4 is 15.5 Å². The van der Waals surface area contributed by atoms with Crippen molar-refractivity contribution >= 4 is 11.8 Å². The predicted molar refractivity (Wildman–Crippen MR) is 131 cm³/mol. The third-order valence-corrected chi connectivity index (χ3v) is 6.16. The number of aromatic nitrogens is 1. The lowest BCUT2D eigenvalue weighted by molar-refractivity contribution is 0.312. The zero-order valence-electron chi connectivity index (χ0n) is 19.8. The van der Waals surface area contributed by atoms with Crippen LogP contribution in [0.3, 0.4) is 0 Å². The third kappa shape index (κ3) is 6.44. The number of benzene rings is 1. The highest BCUT2D eigenvalue weighted by Gasteiger charge is 2.21. The maximum absolute atomic E-state index is 4.58. The molecule has 0 bridgehead atoms. The maximum Gasteiger partial charge on any atom is 0.191 e. The minimum absolute atomic E-state index is 0.00908. The molecule has 0 aliphatic carbocycles. The van der Waals surface area contributed by atoms with Gasteiger partial charge in [-0.2, -0.15) is 0 Å². The van der Waals surface area contributed by atoms with Crippen molar-refractivity contribution in [2.24, 2.45) is 4.99 Å². The molecule has 2 heterocycles. The average Bonchev–Trinajstić information content (AvgIpc) is 2.80. The summed E-state index contributed by atoms with van der Waals surface area (Å²) in [5.41, 5.74) is 3.92. The first-order valence-electron chi connectivity index (χ1n) is 11.3. The fourth-order valence-corrected chi connectivity index (χ4v) is 3.78. The van der Waals surface area contributed by atoms with Crippen LogP contribution in [-0.2, 0) is 18.4 Å². The normalized spacial score (nSPS) is 15.8. The number of hydrogen-bond acceptors (Lipinski definition) is 4. The zero-order valence-corrected chi connectivity index (χ0v) is 19.8. The Bertz CT molecular complexity index is 851. The van der Waals surface area contributed by atoms with Crippen LogP contribution in [0.25, 0.3) is 0 Å². The lowest BCUT2D eigenvalue weighted by atomic mass is 9.84. The molecule has 1 aromatic carbocycles. The van der Waals surface area contributed by atoms with Crippen LogP contribution in [0, 0.1) is 0 Å². The molecule has 6 heteroatoms. The molecule has 0 saturated carbocycles. The zero-order chi connectivity index (χ0) is 22.3. The van der Waals surface area contributed by atoms with Gasteiger partial charge in [-0.1, -0.05) is 45.0 Å². The Hall–Kier alpha value is -2.60. The molecule has 6 nitrogen and oxygen atoms in total. The number of rotatable bonds is 7. The fraction of sp³-hybridized carbons (Fsp3) is 0.520. The van der Waals surface area contributed by atoms with Gasteiger partial charge in [0.1, 0.15) is 5.82 Å². The molecule has 2 aromatic rings. The van der Waals surface area contributed by atoms with E-state index in [4.69, 9.17) is 0 Å². The molecule has 1 aromatic heterocycles. The number of aliphatic imine (C=N–C) groups is 1. The summed E-state index contributed by atoms with van der Waals surface area (Å²) in [4.78, 5) is 13.7. The van der Waals surface area contributed by atoms with Gasteiger partial charge in [0.05, 0.1) is 0 Å². The van der Waals surface area contributed by atoms with E-state index in [0.29, 0.717) is 6.54 Å². The topological polar surface area (TPSA) is 55.8 Å². The Balaban J connectivity index is 1.54. The van der Waals surface area contributed by atoms with Gasteiger partial charge in [0.2, 0.25) is 0 Å². The first-order chi connectivity index (χ1) is 14.9. The van der Waals surface area contributed by atoms with Gasteiger partial charge in [-0.3, -0.25) is 4.99 Å². The Kier molecular flexibility index (Phi) is 7.91. The van der Waals surface area contributed by atoms with E-state index in [-0.39, 0.29) is 5.41 Å². The van der Waals surface area contributed by atoms with Crippen molar-refractivity contribution < 1.29 is 0 Å². The van der Waals surface area contributed by atoms with E-state index < -0.39 is 0 Å². The van der Waals surface area contributed by atoms with Crippen molar-refractivity contribution in [2.75, 3.05) is 51.7 Å². The van der Waals surface area contributed by atoms with Crippen LogP contribution in [0.4, 0.5) is 5.82 Å². The number of piperazine rings is 1. The summed E-state index contributed by atoms with van der Waals surface area (Å²) in [6.45, 7) is 12.5. The number of nitrogens with one attached hydrogen (secondary N) is 2. The van der Waals surface area contributed by atoms with Gasteiger partial charge in [0.15, 0.2) is 5.96 Å². The lowest BCUT2D eigenvalue weighted by Crippen LogP contribution is -2.45. The van der Waals surface area contributed by atoms with Crippen LogP contribution in [0.2, 0.25) is 0 Å². The van der Waals surface area contributed by atoms with Gasteiger partial charge in [-0.15, -0.1) is 0 Å². The second-order valence-corrected chi connectivity index (χ2v) is 9.03.